The Morgan fingerprint density at radius 2 is 1.24 bits per heavy atom. The second-order valence-corrected chi connectivity index (χ2v) is 7.18. The average molecular weight is 350 g/mol. The fourth-order valence-electron chi connectivity index (χ4n) is 2.81. The minimum Gasteiger partial charge on any atom is -0.285 e. The molecule has 0 heterocycles. The van der Waals surface area contributed by atoms with Crippen molar-refractivity contribution in [3.05, 3.63) is 108 Å². The zero-order valence-corrected chi connectivity index (χ0v) is 14.3. The molecule has 0 saturated heterocycles. The Morgan fingerprint density at radius 1 is 0.760 bits per heavy atom. The van der Waals surface area contributed by atoms with E-state index in [1.54, 1.807) is 30.3 Å². The van der Waals surface area contributed by atoms with Crippen molar-refractivity contribution in [2.75, 3.05) is 0 Å². The summed E-state index contributed by atoms with van der Waals surface area (Å²) >= 11 is 0. The molecule has 3 nitrogen and oxygen atoms in total. The van der Waals surface area contributed by atoms with Crippen molar-refractivity contribution in [3.63, 3.8) is 0 Å². The highest BCUT2D eigenvalue weighted by Crippen LogP contribution is 2.37. The van der Waals surface area contributed by atoms with Crippen LogP contribution in [0.4, 0.5) is 0 Å². The Balaban J connectivity index is 2.23. The Hall–Kier alpha value is -2.69. The number of hydrogen-bond acceptors (Lipinski definition) is 2. The molecule has 1 atom stereocenters. The van der Waals surface area contributed by atoms with Crippen LogP contribution in [0, 0.1) is 0 Å². The standard InChI is InChI=1S/C21H18O3S/c22-25(23,24)21(19-14-8-3-9-15-19)20(18-12-6-2-7-13-18)16-17-10-4-1-5-11-17/h1-16,21H,(H,22,23,24). The third kappa shape index (κ3) is 4.24. The molecule has 0 aliphatic carbocycles. The van der Waals surface area contributed by atoms with Crippen molar-refractivity contribution in [2.24, 2.45) is 0 Å². The Labute approximate surface area is 148 Å². The van der Waals surface area contributed by atoms with E-state index in [9.17, 15) is 13.0 Å². The van der Waals surface area contributed by atoms with E-state index in [1.807, 2.05) is 66.7 Å². The highest BCUT2D eigenvalue weighted by atomic mass is 32.2. The zero-order chi connectivity index (χ0) is 17.7. The zero-order valence-electron chi connectivity index (χ0n) is 13.5. The number of benzene rings is 3. The Bertz CT molecular complexity index is 948. The van der Waals surface area contributed by atoms with E-state index in [2.05, 4.69) is 0 Å². The van der Waals surface area contributed by atoms with Gasteiger partial charge in [0.15, 0.2) is 0 Å². The van der Waals surface area contributed by atoms with E-state index in [0.29, 0.717) is 11.1 Å². The van der Waals surface area contributed by atoms with Crippen molar-refractivity contribution < 1.29 is 13.0 Å². The van der Waals surface area contributed by atoms with E-state index in [4.69, 9.17) is 0 Å². The summed E-state index contributed by atoms with van der Waals surface area (Å²) in [5.41, 5.74) is 2.67. The quantitative estimate of drug-likeness (QED) is 0.528. The Kier molecular flexibility index (Phi) is 5.12. The van der Waals surface area contributed by atoms with Crippen molar-refractivity contribution in [1.82, 2.24) is 0 Å². The van der Waals surface area contributed by atoms with Gasteiger partial charge in [-0.25, -0.2) is 0 Å². The molecule has 1 N–H and O–H groups in total. The SMILES string of the molecule is O=S(=O)(O)C(C(=Cc1ccccc1)c1ccccc1)c1ccccc1. The molecule has 0 spiro atoms. The lowest BCUT2D eigenvalue weighted by Crippen LogP contribution is -2.14. The van der Waals surface area contributed by atoms with Crippen molar-refractivity contribution in [2.45, 2.75) is 5.25 Å². The maximum atomic E-state index is 12.3. The second kappa shape index (κ2) is 7.47. The van der Waals surface area contributed by atoms with Gasteiger partial charge in [-0.05, 0) is 28.3 Å². The molecule has 3 aromatic rings. The summed E-state index contributed by atoms with van der Waals surface area (Å²) in [6, 6.07) is 27.5. The van der Waals surface area contributed by atoms with Crippen LogP contribution in [0.1, 0.15) is 21.9 Å². The van der Waals surface area contributed by atoms with E-state index in [0.717, 1.165) is 11.1 Å². The lowest BCUT2D eigenvalue weighted by molar-refractivity contribution is 0.477. The normalized spacial score (nSPS) is 13.4. The van der Waals surface area contributed by atoms with Crippen LogP contribution < -0.4 is 0 Å². The van der Waals surface area contributed by atoms with Gasteiger partial charge in [-0.1, -0.05) is 91.0 Å². The predicted octanol–water partition coefficient (Wildman–Crippen LogP) is 4.86. The van der Waals surface area contributed by atoms with Gasteiger partial charge in [-0.3, -0.25) is 4.55 Å². The summed E-state index contributed by atoms with van der Waals surface area (Å²) in [6.45, 7) is 0. The largest absolute Gasteiger partial charge is 0.285 e. The molecule has 0 radical (unpaired) electrons. The van der Waals surface area contributed by atoms with Crippen LogP contribution in [-0.4, -0.2) is 13.0 Å². The first-order valence-corrected chi connectivity index (χ1v) is 9.39. The van der Waals surface area contributed by atoms with Crippen molar-refractivity contribution in [1.29, 1.82) is 0 Å². The first-order valence-electron chi connectivity index (χ1n) is 7.89. The minimum atomic E-state index is -4.35. The number of rotatable bonds is 5. The van der Waals surface area contributed by atoms with Gasteiger partial charge < -0.3 is 0 Å². The molecule has 126 valence electrons. The molecule has 0 aliphatic heterocycles. The predicted molar refractivity (Wildman–Crippen MR) is 101 cm³/mol. The van der Waals surface area contributed by atoms with Gasteiger partial charge in [0.2, 0.25) is 0 Å². The third-order valence-corrected chi connectivity index (χ3v) is 5.03. The molecular formula is C21H18O3S. The second-order valence-electron chi connectivity index (χ2n) is 5.68. The van der Waals surface area contributed by atoms with Gasteiger partial charge in [0.25, 0.3) is 10.1 Å². The van der Waals surface area contributed by atoms with Crippen LogP contribution >= 0.6 is 0 Å². The maximum Gasteiger partial charge on any atom is 0.276 e. The van der Waals surface area contributed by atoms with Gasteiger partial charge in [0.1, 0.15) is 5.25 Å². The smallest absolute Gasteiger partial charge is 0.276 e. The lowest BCUT2D eigenvalue weighted by Gasteiger charge is -2.19. The van der Waals surface area contributed by atoms with E-state index < -0.39 is 15.4 Å². The lowest BCUT2D eigenvalue weighted by atomic mass is 9.95. The summed E-state index contributed by atoms with van der Waals surface area (Å²) in [6.07, 6.45) is 1.81. The van der Waals surface area contributed by atoms with Crippen LogP contribution in [0.2, 0.25) is 0 Å². The first kappa shape index (κ1) is 17.1. The minimum absolute atomic E-state index is 0.524. The third-order valence-electron chi connectivity index (χ3n) is 3.91. The van der Waals surface area contributed by atoms with Crippen LogP contribution in [0.25, 0.3) is 11.6 Å². The highest BCUT2D eigenvalue weighted by Gasteiger charge is 2.30. The van der Waals surface area contributed by atoms with Crippen LogP contribution in [0.3, 0.4) is 0 Å². The molecule has 1 unspecified atom stereocenters. The molecule has 25 heavy (non-hydrogen) atoms. The first-order chi connectivity index (χ1) is 12.1. The highest BCUT2D eigenvalue weighted by molar-refractivity contribution is 7.86. The van der Waals surface area contributed by atoms with Crippen molar-refractivity contribution >= 4 is 21.8 Å². The average Bonchev–Trinajstić information content (AvgIpc) is 2.63. The Morgan fingerprint density at radius 3 is 1.76 bits per heavy atom. The fourth-order valence-corrected chi connectivity index (χ4v) is 3.84. The van der Waals surface area contributed by atoms with Crippen LogP contribution in [-0.2, 0) is 10.1 Å². The topological polar surface area (TPSA) is 54.4 Å². The molecular weight excluding hydrogens is 332 g/mol. The fraction of sp³-hybridized carbons (Fsp3) is 0.0476. The summed E-state index contributed by atoms with van der Waals surface area (Å²) in [5.74, 6) is 0. The number of hydrogen-bond donors (Lipinski definition) is 1. The van der Waals surface area contributed by atoms with Gasteiger partial charge in [-0.2, -0.15) is 8.42 Å². The van der Waals surface area contributed by atoms with Gasteiger partial charge >= 0.3 is 0 Å². The molecule has 0 aromatic heterocycles. The van der Waals surface area contributed by atoms with E-state index >= 15 is 0 Å². The van der Waals surface area contributed by atoms with E-state index in [-0.39, 0.29) is 0 Å². The summed E-state index contributed by atoms with van der Waals surface area (Å²) in [7, 11) is -4.35. The van der Waals surface area contributed by atoms with Crippen LogP contribution in [0.5, 0.6) is 0 Å². The molecule has 3 rings (SSSR count). The molecule has 0 aliphatic rings. The summed E-state index contributed by atoms with van der Waals surface area (Å²) < 4.78 is 34.5. The van der Waals surface area contributed by atoms with Crippen molar-refractivity contribution in [3.8, 4) is 0 Å². The van der Waals surface area contributed by atoms with Gasteiger partial charge in [-0.15, -0.1) is 0 Å². The molecule has 0 bridgehead atoms. The molecule has 0 fully saturated rings. The van der Waals surface area contributed by atoms with Gasteiger partial charge in [0, 0.05) is 0 Å². The summed E-state index contributed by atoms with van der Waals surface area (Å²) in [4.78, 5) is 0. The van der Waals surface area contributed by atoms with Gasteiger partial charge in [0.05, 0.1) is 0 Å². The molecule has 3 aromatic carbocycles. The molecule has 4 heteroatoms. The monoisotopic (exact) mass is 350 g/mol. The van der Waals surface area contributed by atoms with E-state index in [1.165, 1.54) is 0 Å². The maximum absolute atomic E-state index is 12.3. The van der Waals surface area contributed by atoms with Crippen LogP contribution in [0.15, 0.2) is 91.0 Å². The molecule has 0 amide bonds. The molecule has 0 saturated carbocycles. The summed E-state index contributed by atoms with van der Waals surface area (Å²) in [5, 5.41) is -1.16.